The van der Waals surface area contributed by atoms with Crippen LogP contribution in [0.5, 0.6) is 0 Å². The number of benzene rings is 1. The fourth-order valence-electron chi connectivity index (χ4n) is 2.46. The molecule has 102 valence electrons. The molecule has 0 bridgehead atoms. The van der Waals surface area contributed by atoms with E-state index < -0.39 is 5.97 Å². The van der Waals surface area contributed by atoms with E-state index in [1.165, 1.54) is 0 Å². The number of nitrogens with zero attached hydrogens (tertiary/aromatic N) is 1. The number of nitrogens with one attached hydrogen (secondary N) is 1. The van der Waals surface area contributed by atoms with Crippen LogP contribution in [0.4, 0.5) is 0 Å². The lowest BCUT2D eigenvalue weighted by Gasteiger charge is -2.28. The first-order valence-corrected chi connectivity index (χ1v) is 6.45. The minimum atomic E-state index is -0.881. The van der Waals surface area contributed by atoms with Crippen LogP contribution in [0.3, 0.4) is 0 Å². The predicted molar refractivity (Wildman–Crippen MR) is 71.1 cm³/mol. The summed E-state index contributed by atoms with van der Waals surface area (Å²) in [6, 6.07) is 5.34. The number of aromatic carboxylic acids is 1. The van der Waals surface area contributed by atoms with E-state index in [9.17, 15) is 9.59 Å². The average Bonchev–Trinajstić information content (AvgIpc) is 2.37. The highest BCUT2D eigenvalue weighted by molar-refractivity contribution is 5.90. The molecule has 1 amide bonds. The quantitative estimate of drug-likeness (QED) is 0.845. The fourth-order valence-corrected chi connectivity index (χ4v) is 2.46. The van der Waals surface area contributed by atoms with E-state index in [1.54, 1.807) is 12.1 Å². The summed E-state index contributed by atoms with van der Waals surface area (Å²) in [6.07, 6.45) is 0.678. The van der Waals surface area contributed by atoms with Crippen molar-refractivity contribution in [3.63, 3.8) is 0 Å². The highest BCUT2D eigenvalue weighted by Gasteiger charge is 2.22. The maximum absolute atomic E-state index is 11.6. The van der Waals surface area contributed by atoms with Gasteiger partial charge in [-0.2, -0.15) is 0 Å². The minimum Gasteiger partial charge on any atom is -0.478 e. The molecule has 0 aliphatic carbocycles. The molecule has 0 aromatic heterocycles. The van der Waals surface area contributed by atoms with Crippen LogP contribution >= 0.6 is 0 Å². The minimum absolute atomic E-state index is 0.0142. The first-order valence-electron chi connectivity index (χ1n) is 6.45. The van der Waals surface area contributed by atoms with Crippen molar-refractivity contribution < 1.29 is 14.7 Å². The number of carbonyl (C=O) groups is 2. The Hall–Kier alpha value is -1.88. The van der Waals surface area contributed by atoms with Crippen molar-refractivity contribution in [3.05, 3.63) is 34.9 Å². The molecule has 0 saturated heterocycles. The summed E-state index contributed by atoms with van der Waals surface area (Å²) in [7, 11) is 0. The molecule has 0 unspecified atom stereocenters. The van der Waals surface area contributed by atoms with Crippen molar-refractivity contribution in [3.8, 4) is 0 Å². The van der Waals surface area contributed by atoms with Crippen LogP contribution in [0.25, 0.3) is 0 Å². The lowest BCUT2D eigenvalue weighted by Crippen LogP contribution is -2.40. The monoisotopic (exact) mass is 262 g/mol. The second kappa shape index (κ2) is 5.84. The van der Waals surface area contributed by atoms with Crippen LogP contribution in [0.15, 0.2) is 18.2 Å². The Bertz CT molecular complexity index is 499. The Morgan fingerprint density at radius 1 is 1.42 bits per heavy atom. The second-order valence-corrected chi connectivity index (χ2v) is 4.66. The van der Waals surface area contributed by atoms with E-state index in [1.807, 2.05) is 17.9 Å². The fraction of sp³-hybridized carbons (Fsp3) is 0.429. The number of carboxylic acids is 1. The van der Waals surface area contributed by atoms with Crippen molar-refractivity contribution in [2.24, 2.45) is 0 Å². The predicted octanol–water partition coefficient (Wildman–Crippen LogP) is 0.879. The zero-order valence-corrected chi connectivity index (χ0v) is 11.0. The van der Waals surface area contributed by atoms with E-state index in [0.29, 0.717) is 38.2 Å². The first kappa shape index (κ1) is 13.5. The molecule has 2 rings (SSSR count). The molecule has 1 aromatic rings. The van der Waals surface area contributed by atoms with E-state index in [-0.39, 0.29) is 5.91 Å². The lowest BCUT2D eigenvalue weighted by molar-refractivity contribution is -0.122. The van der Waals surface area contributed by atoms with Gasteiger partial charge in [0.1, 0.15) is 0 Å². The van der Waals surface area contributed by atoms with Gasteiger partial charge in [-0.1, -0.05) is 12.1 Å². The van der Waals surface area contributed by atoms with Gasteiger partial charge in [-0.15, -0.1) is 0 Å². The molecule has 19 heavy (non-hydrogen) atoms. The van der Waals surface area contributed by atoms with E-state index in [2.05, 4.69) is 5.32 Å². The van der Waals surface area contributed by atoms with Gasteiger partial charge in [0.2, 0.25) is 5.91 Å². The molecule has 0 spiro atoms. The van der Waals surface area contributed by atoms with Crippen molar-refractivity contribution in [1.82, 2.24) is 10.2 Å². The van der Waals surface area contributed by atoms with E-state index in [0.717, 1.165) is 11.1 Å². The molecule has 2 N–H and O–H groups in total. The van der Waals surface area contributed by atoms with Crippen LogP contribution in [-0.2, 0) is 17.8 Å². The third-order valence-electron chi connectivity index (χ3n) is 3.32. The van der Waals surface area contributed by atoms with Crippen LogP contribution in [-0.4, -0.2) is 41.5 Å². The molecule has 1 aliphatic heterocycles. The molecule has 0 radical (unpaired) electrons. The van der Waals surface area contributed by atoms with Crippen molar-refractivity contribution in [2.45, 2.75) is 19.9 Å². The SMILES string of the molecule is CCNC(=O)CN1CCc2c(cccc2C(=O)O)C1. The van der Waals surface area contributed by atoms with Gasteiger partial charge >= 0.3 is 5.97 Å². The number of carbonyl (C=O) groups excluding carboxylic acids is 1. The summed E-state index contributed by atoms with van der Waals surface area (Å²) in [5.74, 6) is -0.866. The third-order valence-corrected chi connectivity index (χ3v) is 3.32. The Morgan fingerprint density at radius 2 is 2.21 bits per heavy atom. The van der Waals surface area contributed by atoms with Crippen LogP contribution in [0, 0.1) is 0 Å². The number of likely N-dealkylation sites (N-methyl/N-ethyl adjacent to an activating group) is 1. The van der Waals surface area contributed by atoms with E-state index >= 15 is 0 Å². The number of rotatable bonds is 4. The molecular weight excluding hydrogens is 244 g/mol. The molecule has 1 heterocycles. The molecular formula is C14H18N2O3. The number of amides is 1. The van der Waals surface area contributed by atoms with Crippen molar-refractivity contribution in [1.29, 1.82) is 0 Å². The summed E-state index contributed by atoms with van der Waals surface area (Å²) in [5, 5.41) is 11.9. The lowest BCUT2D eigenvalue weighted by atomic mass is 9.94. The number of hydrogen-bond acceptors (Lipinski definition) is 3. The molecule has 5 nitrogen and oxygen atoms in total. The van der Waals surface area contributed by atoms with Gasteiger partial charge in [0.05, 0.1) is 12.1 Å². The van der Waals surface area contributed by atoms with Crippen LogP contribution in [0.1, 0.15) is 28.4 Å². The standard InChI is InChI=1S/C14H18N2O3/c1-2-15-13(17)9-16-7-6-11-10(8-16)4-3-5-12(11)14(18)19/h3-5H,2,6-9H2,1H3,(H,15,17)(H,18,19). The second-order valence-electron chi connectivity index (χ2n) is 4.66. The highest BCUT2D eigenvalue weighted by atomic mass is 16.4. The highest BCUT2D eigenvalue weighted by Crippen LogP contribution is 2.22. The maximum atomic E-state index is 11.6. The number of fused-ring (bicyclic) bond motifs is 1. The Balaban J connectivity index is 2.10. The summed E-state index contributed by atoms with van der Waals surface area (Å²) < 4.78 is 0. The van der Waals surface area contributed by atoms with Gasteiger partial charge in [-0.05, 0) is 30.5 Å². The van der Waals surface area contributed by atoms with Gasteiger partial charge in [0.15, 0.2) is 0 Å². The zero-order valence-electron chi connectivity index (χ0n) is 11.0. The van der Waals surface area contributed by atoms with Gasteiger partial charge < -0.3 is 10.4 Å². The molecule has 1 aromatic carbocycles. The van der Waals surface area contributed by atoms with Crippen LogP contribution < -0.4 is 5.32 Å². The summed E-state index contributed by atoms with van der Waals surface area (Å²) >= 11 is 0. The largest absolute Gasteiger partial charge is 0.478 e. The Morgan fingerprint density at radius 3 is 2.89 bits per heavy atom. The normalized spacial score (nSPS) is 14.8. The zero-order chi connectivity index (χ0) is 13.8. The molecule has 0 saturated carbocycles. The molecule has 5 heteroatoms. The number of carboxylic acid groups (broad SMARTS) is 1. The van der Waals surface area contributed by atoms with Gasteiger partial charge in [-0.25, -0.2) is 4.79 Å². The Labute approximate surface area is 112 Å². The Kier molecular flexibility index (Phi) is 4.16. The summed E-state index contributed by atoms with van der Waals surface area (Å²) in [6.45, 7) is 4.24. The molecule has 0 atom stereocenters. The van der Waals surface area contributed by atoms with Crippen LogP contribution in [0.2, 0.25) is 0 Å². The smallest absolute Gasteiger partial charge is 0.335 e. The van der Waals surface area contributed by atoms with E-state index in [4.69, 9.17) is 5.11 Å². The summed E-state index contributed by atoms with van der Waals surface area (Å²) in [4.78, 5) is 24.7. The van der Waals surface area contributed by atoms with Crippen molar-refractivity contribution in [2.75, 3.05) is 19.6 Å². The topological polar surface area (TPSA) is 69.6 Å². The van der Waals surface area contributed by atoms with Gasteiger partial charge in [-0.3, -0.25) is 9.69 Å². The van der Waals surface area contributed by atoms with Gasteiger partial charge in [0, 0.05) is 19.6 Å². The third kappa shape index (κ3) is 3.12. The van der Waals surface area contributed by atoms with Gasteiger partial charge in [0.25, 0.3) is 0 Å². The first-order chi connectivity index (χ1) is 9.11. The average molecular weight is 262 g/mol. The number of hydrogen-bond donors (Lipinski definition) is 2. The molecule has 0 fully saturated rings. The van der Waals surface area contributed by atoms with Crippen molar-refractivity contribution >= 4 is 11.9 Å². The maximum Gasteiger partial charge on any atom is 0.335 e. The molecule has 1 aliphatic rings. The summed E-state index contributed by atoms with van der Waals surface area (Å²) in [5.41, 5.74) is 2.30.